The second kappa shape index (κ2) is 9.43. The number of carbonyl (C=O) groups excluding carboxylic acids is 1. The molecule has 1 fully saturated rings. The molecule has 0 aliphatic carbocycles. The minimum absolute atomic E-state index is 0. The number of amides is 1. The molecule has 0 aromatic rings. The molecule has 0 radical (unpaired) electrons. The van der Waals surface area contributed by atoms with Crippen LogP contribution in [0.2, 0.25) is 0 Å². The van der Waals surface area contributed by atoms with E-state index in [1.807, 2.05) is 25.7 Å². The first-order valence-corrected chi connectivity index (χ1v) is 10.3. The Bertz CT molecular complexity index is 614. The number of rotatable bonds is 4. The molecule has 1 saturated heterocycles. The second-order valence-electron chi connectivity index (χ2n) is 8.01. The number of halogens is 1. The number of alkyl carbamates (subject to hydrolysis) is 1. The molecule has 8 nitrogen and oxygen atoms in total. The van der Waals surface area contributed by atoms with Gasteiger partial charge >= 0.3 is 6.09 Å². The maximum Gasteiger partial charge on any atom is 0.407 e. The van der Waals surface area contributed by atoms with Crippen LogP contribution >= 0.6 is 24.0 Å². The first-order valence-electron chi connectivity index (χ1n) is 8.40. The van der Waals surface area contributed by atoms with Crippen LogP contribution in [0.1, 0.15) is 41.0 Å². The van der Waals surface area contributed by atoms with Crippen LogP contribution < -0.4 is 10.6 Å². The standard InChI is InChI=1S/C16H32N4O4S.HI/c1-15(2,3)24-14(21)19-12-8-9-20(10-12)13(17-6)18-11-16(4,5)25(7,22)23;/h12H,8-11H2,1-7H3,(H,17,18)(H,19,21);1H/t12-;/m1./s1. The van der Waals surface area contributed by atoms with E-state index < -0.39 is 26.3 Å². The quantitative estimate of drug-likeness (QED) is 0.343. The minimum atomic E-state index is -3.18. The molecule has 0 spiro atoms. The van der Waals surface area contributed by atoms with Gasteiger partial charge in [-0.15, -0.1) is 24.0 Å². The Kier molecular flexibility index (Phi) is 9.14. The molecule has 1 aliphatic heterocycles. The van der Waals surface area contributed by atoms with Gasteiger partial charge in [0.1, 0.15) is 5.60 Å². The second-order valence-corrected chi connectivity index (χ2v) is 10.7. The zero-order valence-corrected chi connectivity index (χ0v) is 19.9. The number of nitrogens with zero attached hydrogens (tertiary/aromatic N) is 2. The van der Waals surface area contributed by atoms with Crippen molar-refractivity contribution in [2.45, 2.75) is 57.4 Å². The lowest BCUT2D eigenvalue weighted by atomic mass is 10.2. The normalized spacial score (nSPS) is 19.0. The van der Waals surface area contributed by atoms with E-state index in [9.17, 15) is 13.2 Å². The molecule has 1 rings (SSSR count). The number of hydrogen-bond donors (Lipinski definition) is 2. The van der Waals surface area contributed by atoms with Gasteiger partial charge in [0.25, 0.3) is 0 Å². The van der Waals surface area contributed by atoms with Gasteiger partial charge in [-0.25, -0.2) is 13.2 Å². The molecule has 1 heterocycles. The van der Waals surface area contributed by atoms with E-state index in [2.05, 4.69) is 15.6 Å². The summed E-state index contributed by atoms with van der Waals surface area (Å²) >= 11 is 0. The zero-order chi connectivity index (χ0) is 19.5. The van der Waals surface area contributed by atoms with Gasteiger partial charge < -0.3 is 20.3 Å². The summed E-state index contributed by atoms with van der Waals surface area (Å²) < 4.78 is 28.0. The highest BCUT2D eigenvalue weighted by molar-refractivity contribution is 14.0. The van der Waals surface area contributed by atoms with Gasteiger partial charge in [-0.05, 0) is 41.0 Å². The van der Waals surface area contributed by atoms with E-state index in [0.717, 1.165) is 13.0 Å². The van der Waals surface area contributed by atoms with Crippen molar-refractivity contribution in [3.05, 3.63) is 0 Å². The zero-order valence-electron chi connectivity index (χ0n) is 16.7. The van der Waals surface area contributed by atoms with Crippen LogP contribution in [0.15, 0.2) is 4.99 Å². The van der Waals surface area contributed by atoms with E-state index in [-0.39, 0.29) is 36.6 Å². The van der Waals surface area contributed by atoms with Crippen molar-refractivity contribution in [3.8, 4) is 0 Å². The van der Waals surface area contributed by atoms with E-state index >= 15 is 0 Å². The lowest BCUT2D eigenvalue weighted by Crippen LogP contribution is -2.49. The molecule has 0 saturated carbocycles. The number of sulfone groups is 1. The third kappa shape index (κ3) is 7.85. The predicted octanol–water partition coefficient (Wildman–Crippen LogP) is 1.60. The van der Waals surface area contributed by atoms with Crippen molar-refractivity contribution in [1.82, 2.24) is 15.5 Å². The number of hydrogen-bond acceptors (Lipinski definition) is 5. The summed E-state index contributed by atoms with van der Waals surface area (Å²) in [6, 6.07) is -0.0312. The Balaban J connectivity index is 0.00000625. The van der Waals surface area contributed by atoms with Gasteiger partial charge in [0.05, 0.1) is 10.8 Å². The summed E-state index contributed by atoms with van der Waals surface area (Å²) in [5.41, 5.74) is -0.531. The molecule has 1 aliphatic rings. The summed E-state index contributed by atoms with van der Waals surface area (Å²) in [7, 11) is -1.53. The summed E-state index contributed by atoms with van der Waals surface area (Å²) in [4.78, 5) is 18.1. The average Bonchev–Trinajstić information content (AvgIpc) is 2.84. The molecule has 1 atom stereocenters. The lowest BCUT2D eigenvalue weighted by Gasteiger charge is -2.27. The first-order chi connectivity index (χ1) is 11.2. The molecule has 2 N–H and O–H groups in total. The molecule has 0 aromatic heterocycles. The van der Waals surface area contributed by atoms with Gasteiger partial charge in [-0.2, -0.15) is 0 Å². The highest BCUT2D eigenvalue weighted by Crippen LogP contribution is 2.15. The topological polar surface area (TPSA) is 100 Å². The number of ether oxygens (including phenoxy) is 1. The molecule has 0 bridgehead atoms. The highest BCUT2D eigenvalue weighted by Gasteiger charge is 2.32. The van der Waals surface area contributed by atoms with Crippen molar-refractivity contribution in [2.24, 2.45) is 4.99 Å². The lowest BCUT2D eigenvalue weighted by molar-refractivity contribution is 0.0507. The smallest absolute Gasteiger partial charge is 0.407 e. The molecular formula is C16H33IN4O4S. The monoisotopic (exact) mass is 504 g/mol. The van der Waals surface area contributed by atoms with Crippen LogP contribution in [0.5, 0.6) is 0 Å². The van der Waals surface area contributed by atoms with Gasteiger partial charge in [0.2, 0.25) is 0 Å². The summed E-state index contributed by atoms with van der Waals surface area (Å²) in [6.07, 6.45) is 1.57. The fourth-order valence-electron chi connectivity index (χ4n) is 2.30. The number of likely N-dealkylation sites (tertiary alicyclic amines) is 1. The van der Waals surface area contributed by atoms with Crippen molar-refractivity contribution in [3.63, 3.8) is 0 Å². The third-order valence-corrected chi connectivity index (χ3v) is 6.25. The highest BCUT2D eigenvalue weighted by atomic mass is 127. The maximum absolute atomic E-state index is 11.9. The fourth-order valence-corrected chi connectivity index (χ4v) is 2.63. The molecule has 10 heteroatoms. The van der Waals surface area contributed by atoms with E-state index in [4.69, 9.17) is 4.74 Å². The molecule has 0 aromatic carbocycles. The van der Waals surface area contributed by atoms with E-state index in [1.54, 1.807) is 20.9 Å². The number of carbonyl (C=O) groups is 1. The number of guanidine groups is 1. The maximum atomic E-state index is 11.9. The van der Waals surface area contributed by atoms with E-state index in [1.165, 1.54) is 6.26 Å². The molecule has 1 amide bonds. The van der Waals surface area contributed by atoms with Gasteiger partial charge in [-0.1, -0.05) is 0 Å². The average molecular weight is 504 g/mol. The Labute approximate surface area is 174 Å². The Hall–Kier alpha value is -0.780. The Morgan fingerprint density at radius 1 is 1.27 bits per heavy atom. The summed E-state index contributed by atoms with van der Waals surface area (Å²) in [5, 5.41) is 5.98. The largest absolute Gasteiger partial charge is 0.444 e. The molecule has 0 unspecified atom stereocenters. The summed E-state index contributed by atoms with van der Waals surface area (Å²) in [6.45, 7) is 10.4. The van der Waals surface area contributed by atoms with Gasteiger partial charge in [0.15, 0.2) is 15.8 Å². The van der Waals surface area contributed by atoms with Crippen LogP contribution in [0, 0.1) is 0 Å². The molecule has 26 heavy (non-hydrogen) atoms. The minimum Gasteiger partial charge on any atom is -0.444 e. The third-order valence-electron chi connectivity index (χ3n) is 4.10. The predicted molar refractivity (Wildman–Crippen MR) is 115 cm³/mol. The Morgan fingerprint density at radius 2 is 1.85 bits per heavy atom. The van der Waals surface area contributed by atoms with Crippen LogP contribution in [-0.4, -0.2) is 74.7 Å². The van der Waals surface area contributed by atoms with Crippen molar-refractivity contribution < 1.29 is 17.9 Å². The summed E-state index contributed by atoms with van der Waals surface area (Å²) in [5.74, 6) is 0.630. The van der Waals surface area contributed by atoms with Gasteiger partial charge in [0, 0.05) is 32.9 Å². The number of nitrogens with one attached hydrogen (secondary N) is 2. The van der Waals surface area contributed by atoms with E-state index in [0.29, 0.717) is 12.5 Å². The van der Waals surface area contributed by atoms with Crippen molar-refractivity contribution in [2.75, 3.05) is 32.9 Å². The molecule has 154 valence electrons. The van der Waals surface area contributed by atoms with Crippen LogP contribution in [0.3, 0.4) is 0 Å². The fraction of sp³-hybridized carbons (Fsp3) is 0.875. The molecular weight excluding hydrogens is 471 g/mol. The first kappa shape index (κ1) is 25.2. The SMILES string of the molecule is CN=C(NCC(C)(C)S(C)(=O)=O)N1CC[C@@H](NC(=O)OC(C)(C)C)C1.I. The van der Waals surface area contributed by atoms with Crippen LogP contribution in [0.25, 0.3) is 0 Å². The van der Waals surface area contributed by atoms with Crippen LogP contribution in [0.4, 0.5) is 4.79 Å². The van der Waals surface area contributed by atoms with Crippen LogP contribution in [-0.2, 0) is 14.6 Å². The van der Waals surface area contributed by atoms with Crippen molar-refractivity contribution >= 4 is 45.9 Å². The van der Waals surface area contributed by atoms with Gasteiger partial charge in [-0.3, -0.25) is 4.99 Å². The van der Waals surface area contributed by atoms with Crippen molar-refractivity contribution in [1.29, 1.82) is 0 Å². The number of aliphatic imine (C=N–C) groups is 1. The Morgan fingerprint density at radius 3 is 2.31 bits per heavy atom.